The van der Waals surface area contributed by atoms with Gasteiger partial charge in [0, 0.05) is 11.9 Å². The number of methoxy groups -OCH3 is 1. The number of nitrogens with zero attached hydrogens (tertiary/aromatic N) is 4. The van der Waals surface area contributed by atoms with E-state index in [9.17, 15) is 10.1 Å². The van der Waals surface area contributed by atoms with Gasteiger partial charge in [0.1, 0.15) is 12.1 Å². The van der Waals surface area contributed by atoms with Crippen LogP contribution in [-0.2, 0) is 0 Å². The molecule has 0 aliphatic carbocycles. The Hall–Kier alpha value is -4.20. The molecule has 4 rings (SSSR count). The van der Waals surface area contributed by atoms with Crippen LogP contribution in [-0.4, -0.2) is 28.5 Å². The van der Waals surface area contributed by atoms with Crippen LogP contribution < -0.4 is 15.0 Å². The number of hydrogen-bond donors (Lipinski definition) is 1. The molecule has 0 aliphatic heterocycles. The molecular formula is C24H23N5O3. The van der Waals surface area contributed by atoms with Gasteiger partial charge in [0.05, 0.1) is 23.4 Å². The summed E-state index contributed by atoms with van der Waals surface area (Å²) in [5.41, 5.74) is 2.21. The Balaban J connectivity index is 1.86. The molecular weight excluding hydrogens is 406 g/mol. The van der Waals surface area contributed by atoms with Crippen molar-refractivity contribution in [1.82, 2.24) is 9.97 Å². The van der Waals surface area contributed by atoms with E-state index in [1.807, 2.05) is 73.3 Å². The van der Waals surface area contributed by atoms with Gasteiger partial charge in [-0.05, 0) is 43.0 Å². The predicted molar refractivity (Wildman–Crippen MR) is 126 cm³/mol. The zero-order chi connectivity index (χ0) is 22.7. The second-order valence-corrected chi connectivity index (χ2v) is 7.22. The summed E-state index contributed by atoms with van der Waals surface area (Å²) in [5, 5.41) is 17.3. The number of hydrogen-bond acceptors (Lipinski definition) is 7. The highest BCUT2D eigenvalue weighted by atomic mass is 16.6. The van der Waals surface area contributed by atoms with Gasteiger partial charge in [-0.1, -0.05) is 42.5 Å². The molecule has 8 nitrogen and oxygen atoms in total. The summed E-state index contributed by atoms with van der Waals surface area (Å²) in [6.07, 6.45) is 1.33. The molecule has 0 fully saturated rings. The molecule has 0 saturated carbocycles. The van der Waals surface area contributed by atoms with E-state index >= 15 is 0 Å². The van der Waals surface area contributed by atoms with E-state index in [4.69, 9.17) is 4.74 Å². The molecule has 32 heavy (non-hydrogen) atoms. The topological polar surface area (TPSA) is 93.4 Å². The zero-order valence-electron chi connectivity index (χ0n) is 18.1. The molecule has 0 radical (unpaired) electrons. The molecule has 0 bridgehead atoms. The number of aryl methyl sites for hydroxylation is 1. The maximum Gasteiger partial charge on any atom is 0.354 e. The van der Waals surface area contributed by atoms with Gasteiger partial charge >= 0.3 is 5.69 Å². The Bertz CT molecular complexity index is 1290. The first kappa shape index (κ1) is 21.0. The van der Waals surface area contributed by atoms with E-state index in [1.54, 1.807) is 13.2 Å². The van der Waals surface area contributed by atoms with Crippen LogP contribution in [0.3, 0.4) is 0 Å². The van der Waals surface area contributed by atoms with Crippen molar-refractivity contribution in [1.29, 1.82) is 0 Å². The highest BCUT2D eigenvalue weighted by Crippen LogP contribution is 2.40. The van der Waals surface area contributed by atoms with Gasteiger partial charge in [-0.3, -0.25) is 10.1 Å². The lowest BCUT2D eigenvalue weighted by molar-refractivity contribution is -0.383. The van der Waals surface area contributed by atoms with Crippen molar-refractivity contribution in [2.24, 2.45) is 0 Å². The van der Waals surface area contributed by atoms with Crippen molar-refractivity contribution in [2.45, 2.75) is 13.8 Å². The van der Waals surface area contributed by atoms with Crippen LogP contribution in [0.25, 0.3) is 10.8 Å². The number of benzene rings is 3. The lowest BCUT2D eigenvalue weighted by Crippen LogP contribution is -2.20. The van der Waals surface area contributed by atoms with Crippen LogP contribution in [0.1, 0.15) is 12.5 Å². The lowest BCUT2D eigenvalue weighted by atomic mass is 10.1. The number of rotatable bonds is 7. The Morgan fingerprint density at radius 3 is 2.62 bits per heavy atom. The lowest BCUT2D eigenvalue weighted by Gasteiger charge is -2.24. The number of fused-ring (bicyclic) bond motifs is 1. The van der Waals surface area contributed by atoms with Crippen molar-refractivity contribution in [3.63, 3.8) is 0 Å². The number of nitro groups is 1. The molecule has 0 unspecified atom stereocenters. The molecule has 0 amide bonds. The fourth-order valence-corrected chi connectivity index (χ4v) is 3.75. The van der Waals surface area contributed by atoms with E-state index in [0.717, 1.165) is 22.0 Å². The summed E-state index contributed by atoms with van der Waals surface area (Å²) in [6, 6.07) is 19.4. The molecule has 1 heterocycles. The first-order chi connectivity index (χ1) is 15.5. The molecule has 4 aromatic rings. The minimum absolute atomic E-state index is 0.0996. The van der Waals surface area contributed by atoms with Crippen molar-refractivity contribution < 1.29 is 9.66 Å². The Morgan fingerprint density at radius 2 is 1.88 bits per heavy atom. The predicted octanol–water partition coefficient (Wildman–Crippen LogP) is 5.76. The summed E-state index contributed by atoms with van der Waals surface area (Å²) in [6.45, 7) is 4.35. The number of aromatic nitrogens is 2. The summed E-state index contributed by atoms with van der Waals surface area (Å²) in [7, 11) is 1.55. The zero-order valence-corrected chi connectivity index (χ0v) is 18.1. The van der Waals surface area contributed by atoms with Crippen LogP contribution in [0, 0.1) is 17.0 Å². The van der Waals surface area contributed by atoms with Crippen molar-refractivity contribution in [2.75, 3.05) is 23.9 Å². The van der Waals surface area contributed by atoms with Crippen LogP contribution in [0.2, 0.25) is 0 Å². The third-order valence-electron chi connectivity index (χ3n) is 5.22. The van der Waals surface area contributed by atoms with Crippen molar-refractivity contribution in [3.05, 3.63) is 82.7 Å². The van der Waals surface area contributed by atoms with Gasteiger partial charge in [-0.2, -0.15) is 0 Å². The van der Waals surface area contributed by atoms with Gasteiger partial charge < -0.3 is 15.0 Å². The summed E-state index contributed by atoms with van der Waals surface area (Å²) < 4.78 is 5.40. The Morgan fingerprint density at radius 1 is 1.09 bits per heavy atom. The minimum atomic E-state index is -0.451. The maximum absolute atomic E-state index is 12.2. The molecule has 8 heteroatoms. The van der Waals surface area contributed by atoms with Crippen molar-refractivity contribution in [3.8, 4) is 5.75 Å². The third kappa shape index (κ3) is 3.90. The van der Waals surface area contributed by atoms with Crippen molar-refractivity contribution >= 4 is 39.5 Å². The number of ether oxygens (including phenoxy) is 1. The van der Waals surface area contributed by atoms with Gasteiger partial charge in [0.15, 0.2) is 0 Å². The smallest absolute Gasteiger partial charge is 0.354 e. The standard InChI is InChI=1S/C24H23N5O3/c1-4-28(20-11-7-9-17-8-5-6-10-18(17)20)24-22(29(30)31)23(25-15-26-24)27-19-14-16(2)12-13-21(19)32-3/h5-15H,4H2,1-3H3,(H,25,26,27). The molecule has 0 atom stereocenters. The van der Waals surface area contributed by atoms with Crippen LogP contribution in [0.5, 0.6) is 5.75 Å². The number of nitrogens with one attached hydrogen (secondary N) is 1. The normalized spacial score (nSPS) is 10.7. The first-order valence-electron chi connectivity index (χ1n) is 10.2. The Kier molecular flexibility index (Phi) is 5.85. The van der Waals surface area contributed by atoms with Crippen LogP contribution >= 0.6 is 0 Å². The van der Waals surface area contributed by atoms with E-state index < -0.39 is 4.92 Å². The molecule has 0 spiro atoms. The van der Waals surface area contributed by atoms with Gasteiger partial charge in [0.2, 0.25) is 11.6 Å². The molecule has 0 aliphatic rings. The van der Waals surface area contributed by atoms with Gasteiger partial charge in [-0.15, -0.1) is 0 Å². The summed E-state index contributed by atoms with van der Waals surface area (Å²) in [4.78, 5) is 22.1. The molecule has 0 saturated heterocycles. The second kappa shape index (κ2) is 8.89. The highest BCUT2D eigenvalue weighted by Gasteiger charge is 2.28. The van der Waals surface area contributed by atoms with Gasteiger partial charge in [0.25, 0.3) is 0 Å². The summed E-state index contributed by atoms with van der Waals surface area (Å²) in [5.74, 6) is 0.882. The highest BCUT2D eigenvalue weighted by molar-refractivity contribution is 5.97. The average molecular weight is 429 g/mol. The van der Waals surface area contributed by atoms with Gasteiger partial charge in [-0.25, -0.2) is 9.97 Å². The minimum Gasteiger partial charge on any atom is -0.495 e. The van der Waals surface area contributed by atoms with Crippen LogP contribution in [0.15, 0.2) is 67.0 Å². The second-order valence-electron chi connectivity index (χ2n) is 7.22. The van der Waals surface area contributed by atoms with E-state index in [-0.39, 0.29) is 17.3 Å². The average Bonchev–Trinajstić information content (AvgIpc) is 2.80. The fraction of sp³-hybridized carbons (Fsp3) is 0.167. The maximum atomic E-state index is 12.2. The SMILES string of the molecule is CCN(c1ncnc(Nc2cc(C)ccc2OC)c1[N+](=O)[O-])c1cccc2ccccc12. The number of anilines is 4. The quantitative estimate of drug-likeness (QED) is 0.295. The third-order valence-corrected chi connectivity index (χ3v) is 5.22. The molecule has 3 aromatic carbocycles. The Labute approximate surface area is 185 Å². The monoisotopic (exact) mass is 429 g/mol. The fourth-order valence-electron chi connectivity index (χ4n) is 3.75. The molecule has 1 aromatic heterocycles. The molecule has 162 valence electrons. The first-order valence-corrected chi connectivity index (χ1v) is 10.2. The van der Waals surface area contributed by atoms with E-state index in [2.05, 4.69) is 15.3 Å². The summed E-state index contributed by atoms with van der Waals surface area (Å²) >= 11 is 0. The van der Waals surface area contributed by atoms with Crippen LogP contribution in [0.4, 0.5) is 28.7 Å². The molecule has 1 N–H and O–H groups in total. The van der Waals surface area contributed by atoms with E-state index in [0.29, 0.717) is 18.0 Å². The largest absolute Gasteiger partial charge is 0.495 e. The van der Waals surface area contributed by atoms with E-state index in [1.165, 1.54) is 6.33 Å².